The molecule has 2 heterocycles. The second-order valence-electron chi connectivity index (χ2n) is 6.14. The van der Waals surface area contributed by atoms with E-state index in [1.165, 1.54) is 5.57 Å². The number of hydrogen-bond acceptors (Lipinski definition) is 4. The van der Waals surface area contributed by atoms with Crippen LogP contribution in [-0.2, 0) is 6.54 Å². The fraction of sp³-hybridized carbons (Fsp3) is 0.643. The summed E-state index contributed by atoms with van der Waals surface area (Å²) in [6, 6.07) is 0. The molecule has 1 amide bonds. The zero-order chi connectivity index (χ0) is 14.8. The van der Waals surface area contributed by atoms with E-state index in [-0.39, 0.29) is 11.3 Å². The van der Waals surface area contributed by atoms with Crippen molar-refractivity contribution in [3.05, 3.63) is 23.5 Å². The molecule has 0 fully saturated rings. The van der Waals surface area contributed by atoms with Crippen LogP contribution in [0, 0.1) is 5.41 Å². The Labute approximate surface area is 119 Å². The molecule has 0 saturated heterocycles. The molecule has 6 nitrogen and oxygen atoms in total. The third kappa shape index (κ3) is 3.25. The van der Waals surface area contributed by atoms with Gasteiger partial charge in [-0.15, -0.1) is 5.10 Å². The molecule has 0 saturated carbocycles. The minimum Gasteiger partial charge on any atom is -0.333 e. The molecule has 6 heteroatoms. The van der Waals surface area contributed by atoms with Crippen LogP contribution in [-0.4, -0.2) is 45.4 Å². The molecule has 0 unspecified atom stereocenters. The van der Waals surface area contributed by atoms with Gasteiger partial charge in [0.15, 0.2) is 5.69 Å². The van der Waals surface area contributed by atoms with Crippen molar-refractivity contribution < 1.29 is 4.79 Å². The summed E-state index contributed by atoms with van der Waals surface area (Å²) in [6.45, 7) is 9.06. The highest BCUT2D eigenvalue weighted by atomic mass is 16.2. The van der Waals surface area contributed by atoms with E-state index in [4.69, 9.17) is 5.73 Å². The molecule has 20 heavy (non-hydrogen) atoms. The average molecular weight is 277 g/mol. The Morgan fingerprint density at radius 2 is 2.20 bits per heavy atom. The maximum absolute atomic E-state index is 12.3. The predicted octanol–water partition coefficient (Wildman–Crippen LogP) is 1.06. The van der Waals surface area contributed by atoms with Crippen molar-refractivity contribution in [1.82, 2.24) is 19.9 Å². The highest BCUT2D eigenvalue weighted by Crippen LogP contribution is 2.30. The molecule has 0 spiro atoms. The van der Waals surface area contributed by atoms with E-state index in [0.29, 0.717) is 25.3 Å². The molecular weight excluding hydrogens is 254 g/mol. The molecule has 110 valence electrons. The van der Waals surface area contributed by atoms with Gasteiger partial charge in [0, 0.05) is 19.6 Å². The normalized spacial score (nSPS) is 16.2. The van der Waals surface area contributed by atoms with Gasteiger partial charge < -0.3 is 10.6 Å². The number of nitrogens with two attached hydrogens (primary N) is 1. The Hall–Kier alpha value is -1.69. The minimum atomic E-state index is -0.0579. The summed E-state index contributed by atoms with van der Waals surface area (Å²) in [4.78, 5) is 14.1. The molecule has 1 aromatic rings. The topological polar surface area (TPSA) is 77.0 Å². The third-order valence-corrected chi connectivity index (χ3v) is 3.58. The van der Waals surface area contributed by atoms with Crippen molar-refractivity contribution in [1.29, 1.82) is 0 Å². The average Bonchev–Trinajstić information content (AvgIpc) is 2.86. The number of hydrogen-bond donors (Lipinski definition) is 1. The molecule has 0 aliphatic carbocycles. The van der Waals surface area contributed by atoms with Crippen LogP contribution in [0.15, 0.2) is 17.8 Å². The van der Waals surface area contributed by atoms with E-state index in [1.54, 1.807) is 10.9 Å². The van der Waals surface area contributed by atoms with Crippen molar-refractivity contribution in [3.63, 3.8) is 0 Å². The van der Waals surface area contributed by atoms with Gasteiger partial charge in [-0.2, -0.15) is 0 Å². The summed E-state index contributed by atoms with van der Waals surface area (Å²) in [5.74, 6) is -0.0579. The molecule has 1 aliphatic heterocycles. The molecule has 1 aliphatic rings. The lowest BCUT2D eigenvalue weighted by Crippen LogP contribution is -2.36. The van der Waals surface area contributed by atoms with Gasteiger partial charge in [0.1, 0.15) is 0 Å². The van der Waals surface area contributed by atoms with Crippen LogP contribution in [0.5, 0.6) is 0 Å². The first-order valence-electron chi connectivity index (χ1n) is 7.01. The van der Waals surface area contributed by atoms with E-state index < -0.39 is 0 Å². The zero-order valence-electron chi connectivity index (χ0n) is 12.5. The van der Waals surface area contributed by atoms with Crippen LogP contribution in [0.1, 0.15) is 37.7 Å². The van der Waals surface area contributed by atoms with Crippen LogP contribution in [0.3, 0.4) is 0 Å². The number of carbonyl (C=O) groups excluding carboxylic acids is 1. The molecule has 0 bridgehead atoms. The van der Waals surface area contributed by atoms with E-state index in [0.717, 1.165) is 13.0 Å². The van der Waals surface area contributed by atoms with Gasteiger partial charge in [0.25, 0.3) is 5.91 Å². The number of amides is 1. The summed E-state index contributed by atoms with van der Waals surface area (Å²) >= 11 is 0. The highest BCUT2D eigenvalue weighted by Gasteiger charge is 2.25. The Kier molecular flexibility index (Phi) is 4.23. The molecule has 0 atom stereocenters. The van der Waals surface area contributed by atoms with Crippen LogP contribution in [0.25, 0.3) is 0 Å². The fourth-order valence-electron chi connectivity index (χ4n) is 2.33. The monoisotopic (exact) mass is 277 g/mol. The second-order valence-corrected chi connectivity index (χ2v) is 6.14. The SMILES string of the molecule is CC(C)(C)C1=CCN(C(=O)c2cn(CCN)nn2)CC1. The van der Waals surface area contributed by atoms with Gasteiger partial charge in [0.2, 0.25) is 0 Å². The summed E-state index contributed by atoms with van der Waals surface area (Å²) in [5.41, 5.74) is 7.44. The molecule has 0 radical (unpaired) electrons. The number of aromatic nitrogens is 3. The number of carbonyl (C=O) groups is 1. The van der Waals surface area contributed by atoms with Gasteiger partial charge >= 0.3 is 0 Å². The van der Waals surface area contributed by atoms with Gasteiger partial charge in [0.05, 0.1) is 12.7 Å². The fourth-order valence-corrected chi connectivity index (χ4v) is 2.33. The van der Waals surface area contributed by atoms with Crippen LogP contribution in [0.4, 0.5) is 0 Å². The molecule has 0 aromatic carbocycles. The lowest BCUT2D eigenvalue weighted by molar-refractivity contribution is 0.0759. The maximum Gasteiger partial charge on any atom is 0.276 e. The molecule has 2 N–H and O–H groups in total. The Morgan fingerprint density at radius 3 is 2.75 bits per heavy atom. The van der Waals surface area contributed by atoms with E-state index >= 15 is 0 Å². The number of nitrogens with zero attached hydrogens (tertiary/aromatic N) is 4. The minimum absolute atomic E-state index is 0.0579. The molecular formula is C14H23N5O. The lowest BCUT2D eigenvalue weighted by atomic mass is 9.83. The van der Waals surface area contributed by atoms with Crippen molar-refractivity contribution in [2.75, 3.05) is 19.6 Å². The van der Waals surface area contributed by atoms with Crippen LogP contribution in [0.2, 0.25) is 0 Å². The number of rotatable bonds is 3. The Morgan fingerprint density at radius 1 is 1.45 bits per heavy atom. The first-order chi connectivity index (χ1) is 9.41. The molecule has 2 rings (SSSR count). The molecule has 1 aromatic heterocycles. The van der Waals surface area contributed by atoms with E-state index in [9.17, 15) is 4.79 Å². The standard InChI is InChI=1S/C14H23N5O/c1-14(2,3)11-4-7-18(8-5-11)13(20)12-10-19(9-6-15)17-16-12/h4,10H,5-9,15H2,1-3H3. The van der Waals surface area contributed by atoms with E-state index in [1.807, 2.05) is 4.90 Å². The smallest absolute Gasteiger partial charge is 0.276 e. The van der Waals surface area contributed by atoms with Gasteiger partial charge in [-0.3, -0.25) is 9.48 Å². The first-order valence-corrected chi connectivity index (χ1v) is 7.01. The van der Waals surface area contributed by atoms with Gasteiger partial charge in [-0.1, -0.05) is 37.6 Å². The summed E-state index contributed by atoms with van der Waals surface area (Å²) < 4.78 is 1.60. The van der Waals surface area contributed by atoms with Gasteiger partial charge in [-0.25, -0.2) is 0 Å². The summed E-state index contributed by atoms with van der Waals surface area (Å²) in [6.07, 6.45) is 4.75. The summed E-state index contributed by atoms with van der Waals surface area (Å²) in [5, 5.41) is 7.82. The summed E-state index contributed by atoms with van der Waals surface area (Å²) in [7, 11) is 0. The second kappa shape index (κ2) is 5.75. The largest absolute Gasteiger partial charge is 0.333 e. The Balaban J connectivity index is 2.02. The maximum atomic E-state index is 12.3. The first kappa shape index (κ1) is 14.7. The van der Waals surface area contributed by atoms with Crippen molar-refractivity contribution in [2.24, 2.45) is 11.1 Å². The Bertz CT molecular complexity index is 512. The highest BCUT2D eigenvalue weighted by molar-refractivity contribution is 5.92. The van der Waals surface area contributed by atoms with Crippen molar-refractivity contribution >= 4 is 5.91 Å². The zero-order valence-corrected chi connectivity index (χ0v) is 12.5. The van der Waals surface area contributed by atoms with Crippen LogP contribution < -0.4 is 5.73 Å². The van der Waals surface area contributed by atoms with Gasteiger partial charge in [-0.05, 0) is 11.8 Å². The predicted molar refractivity (Wildman–Crippen MR) is 77.1 cm³/mol. The van der Waals surface area contributed by atoms with Crippen LogP contribution >= 0.6 is 0 Å². The quantitative estimate of drug-likeness (QED) is 0.838. The lowest BCUT2D eigenvalue weighted by Gasteiger charge is -2.31. The van der Waals surface area contributed by atoms with E-state index in [2.05, 4.69) is 37.2 Å². The third-order valence-electron chi connectivity index (χ3n) is 3.58. The van der Waals surface area contributed by atoms with Crippen molar-refractivity contribution in [3.8, 4) is 0 Å². The van der Waals surface area contributed by atoms with Crippen molar-refractivity contribution in [2.45, 2.75) is 33.7 Å².